The fourth-order valence-corrected chi connectivity index (χ4v) is 11.1. The van der Waals surface area contributed by atoms with Gasteiger partial charge in [0.05, 0.1) is 0 Å². The van der Waals surface area contributed by atoms with Gasteiger partial charge in [-0.1, -0.05) is 54.9 Å². The lowest BCUT2D eigenvalue weighted by atomic mass is 9.39. The van der Waals surface area contributed by atoms with Gasteiger partial charge in [-0.3, -0.25) is 0 Å². The molecule has 5 rings (SSSR count). The number of fused-ring (bicyclic) bond motifs is 3. The normalized spacial score (nSPS) is 55.7. The van der Waals surface area contributed by atoms with Crippen molar-refractivity contribution in [1.82, 2.24) is 0 Å². The molecule has 0 saturated heterocycles. The first-order valence-electron chi connectivity index (χ1n) is 14.2. The van der Waals surface area contributed by atoms with Crippen LogP contribution in [0.2, 0.25) is 0 Å². The average Bonchev–Trinajstić information content (AvgIpc) is 2.66. The van der Waals surface area contributed by atoms with Crippen LogP contribution in [0.15, 0.2) is 0 Å². The highest BCUT2D eigenvalue weighted by atomic mass is 14.7. The lowest BCUT2D eigenvalue weighted by Gasteiger charge is -2.66. The Morgan fingerprint density at radius 3 is 2.03 bits per heavy atom. The van der Waals surface area contributed by atoms with Crippen LogP contribution in [0.25, 0.3) is 0 Å². The molecule has 0 aromatic heterocycles. The van der Waals surface area contributed by atoms with Crippen LogP contribution in [0.5, 0.6) is 0 Å². The van der Waals surface area contributed by atoms with Gasteiger partial charge in [-0.25, -0.2) is 0 Å². The third kappa shape index (κ3) is 3.36. The van der Waals surface area contributed by atoms with Gasteiger partial charge in [0, 0.05) is 0 Å². The van der Waals surface area contributed by atoms with Crippen molar-refractivity contribution >= 4 is 0 Å². The Bertz CT molecular complexity index is 618. The van der Waals surface area contributed by atoms with E-state index >= 15 is 0 Å². The zero-order valence-electron chi connectivity index (χ0n) is 21.4. The first-order chi connectivity index (χ1) is 14.2. The molecule has 0 amide bonds. The predicted molar refractivity (Wildman–Crippen MR) is 129 cm³/mol. The summed E-state index contributed by atoms with van der Waals surface area (Å²) in [4.78, 5) is 0. The Kier molecular flexibility index (Phi) is 5.67. The number of rotatable bonds is 2. The zero-order chi connectivity index (χ0) is 21.4. The number of hydrogen-bond acceptors (Lipinski definition) is 0. The van der Waals surface area contributed by atoms with Gasteiger partial charge in [-0.15, -0.1) is 0 Å². The van der Waals surface area contributed by atoms with Crippen LogP contribution in [0.3, 0.4) is 0 Å². The van der Waals surface area contributed by atoms with Crippen molar-refractivity contribution in [3.8, 4) is 0 Å². The molecule has 0 aromatic carbocycles. The maximum atomic E-state index is 2.77. The molecular formula is C30H52. The van der Waals surface area contributed by atoms with Crippen molar-refractivity contribution in [2.24, 2.45) is 82.3 Å². The fraction of sp³-hybridized carbons (Fsp3) is 1.00. The van der Waals surface area contributed by atoms with E-state index in [1.165, 1.54) is 19.3 Å². The monoisotopic (exact) mass is 412 g/mol. The van der Waals surface area contributed by atoms with Crippen molar-refractivity contribution in [2.75, 3.05) is 0 Å². The van der Waals surface area contributed by atoms with E-state index in [-0.39, 0.29) is 0 Å². The highest BCUT2D eigenvalue weighted by Crippen LogP contribution is 2.68. The second kappa shape index (κ2) is 7.80. The largest absolute Gasteiger partial charge is 0.0625 e. The minimum Gasteiger partial charge on any atom is -0.0625 e. The Morgan fingerprint density at radius 2 is 1.33 bits per heavy atom. The lowest BCUT2D eigenvalue weighted by molar-refractivity contribution is -0.170. The van der Waals surface area contributed by atoms with Gasteiger partial charge in [-0.05, 0) is 134 Å². The van der Waals surface area contributed by atoms with Gasteiger partial charge >= 0.3 is 0 Å². The topological polar surface area (TPSA) is 0 Å². The Labute approximate surface area is 188 Å². The summed E-state index contributed by atoms with van der Waals surface area (Å²) in [5, 5.41) is 0. The highest BCUT2D eigenvalue weighted by molar-refractivity contribution is 5.09. The van der Waals surface area contributed by atoms with Crippen molar-refractivity contribution in [2.45, 2.75) is 106 Å². The molecule has 0 spiro atoms. The summed E-state index contributed by atoms with van der Waals surface area (Å²) in [7, 11) is 0. The van der Waals surface area contributed by atoms with Gasteiger partial charge in [0.15, 0.2) is 0 Å². The molecule has 172 valence electrons. The predicted octanol–water partition coefficient (Wildman–Crippen LogP) is 8.70. The standard InChI is InChI=1S/C30H52/c1-17(2)22-9-8-20(6)24-15-25-21(14-26(22)24)16-30(7)11-10-23(18(3)4)27-12-19(5)13-28(25)29(27)30/h17-29H,8-16H2,1-7H3/t19-,20-,21+,22+,23-,24-,25-,26-,27+,28+,29+,30+/m1/s1. The van der Waals surface area contributed by atoms with Crippen molar-refractivity contribution in [3.05, 3.63) is 0 Å². The molecule has 5 fully saturated rings. The summed E-state index contributed by atoms with van der Waals surface area (Å²) < 4.78 is 0. The molecule has 5 saturated carbocycles. The summed E-state index contributed by atoms with van der Waals surface area (Å²) in [5.74, 6) is 13.2. The van der Waals surface area contributed by atoms with E-state index < -0.39 is 0 Å². The van der Waals surface area contributed by atoms with Crippen LogP contribution < -0.4 is 0 Å². The Hall–Kier alpha value is 0. The molecule has 0 nitrogen and oxygen atoms in total. The van der Waals surface area contributed by atoms with Crippen LogP contribution in [0.4, 0.5) is 0 Å². The van der Waals surface area contributed by atoms with Crippen LogP contribution in [0, 0.1) is 82.3 Å². The maximum Gasteiger partial charge on any atom is -0.0289 e. The van der Waals surface area contributed by atoms with Crippen LogP contribution in [-0.4, -0.2) is 0 Å². The molecule has 0 radical (unpaired) electrons. The Balaban J connectivity index is 1.47. The Morgan fingerprint density at radius 1 is 0.667 bits per heavy atom. The van der Waals surface area contributed by atoms with E-state index in [0.29, 0.717) is 5.41 Å². The van der Waals surface area contributed by atoms with Crippen LogP contribution in [0.1, 0.15) is 106 Å². The van der Waals surface area contributed by atoms with Crippen molar-refractivity contribution in [3.63, 3.8) is 0 Å². The third-order valence-electron chi connectivity index (χ3n) is 12.2. The molecule has 5 aliphatic rings. The molecule has 0 heteroatoms. The van der Waals surface area contributed by atoms with Crippen molar-refractivity contribution in [1.29, 1.82) is 0 Å². The van der Waals surface area contributed by atoms with Gasteiger partial charge < -0.3 is 0 Å². The molecule has 0 bridgehead atoms. The second-order valence-electron chi connectivity index (χ2n) is 14.4. The van der Waals surface area contributed by atoms with E-state index in [1.807, 2.05) is 0 Å². The second-order valence-corrected chi connectivity index (χ2v) is 14.4. The summed E-state index contributed by atoms with van der Waals surface area (Å²) in [6.07, 6.45) is 14.1. The average molecular weight is 413 g/mol. The maximum absolute atomic E-state index is 2.77. The fourth-order valence-electron chi connectivity index (χ4n) is 11.1. The minimum absolute atomic E-state index is 0.669. The molecule has 12 atom stereocenters. The van der Waals surface area contributed by atoms with E-state index in [9.17, 15) is 0 Å². The summed E-state index contributed by atoms with van der Waals surface area (Å²) in [6.45, 7) is 18.2. The van der Waals surface area contributed by atoms with Gasteiger partial charge in [0.1, 0.15) is 0 Å². The van der Waals surface area contributed by atoms with E-state index in [4.69, 9.17) is 0 Å². The summed E-state index contributed by atoms with van der Waals surface area (Å²) in [5.41, 5.74) is 0.669. The molecule has 0 heterocycles. The van der Waals surface area contributed by atoms with Gasteiger partial charge in [0.2, 0.25) is 0 Å². The SMILES string of the molecule is CC(C)[C@H]1CC[C@@]2(C)C[C@@H]3C[C@H]4[C@H](C[C@H]3[C@@H]3C[C@H](C)C[C@@H]1[C@@H]32)[C@H](C)CC[C@H]4C(C)C. The summed E-state index contributed by atoms with van der Waals surface area (Å²) >= 11 is 0. The summed E-state index contributed by atoms with van der Waals surface area (Å²) in [6, 6.07) is 0. The molecule has 0 N–H and O–H groups in total. The molecule has 0 aromatic rings. The molecule has 0 unspecified atom stereocenters. The van der Waals surface area contributed by atoms with Crippen molar-refractivity contribution < 1.29 is 0 Å². The molecule has 5 aliphatic carbocycles. The lowest BCUT2D eigenvalue weighted by Crippen LogP contribution is -2.58. The molecular weight excluding hydrogens is 360 g/mol. The van der Waals surface area contributed by atoms with E-state index in [0.717, 1.165) is 76.9 Å². The molecule has 0 aliphatic heterocycles. The van der Waals surface area contributed by atoms with Crippen LogP contribution >= 0.6 is 0 Å². The minimum atomic E-state index is 0.669. The smallest absolute Gasteiger partial charge is 0.0289 e. The molecule has 30 heavy (non-hydrogen) atoms. The van der Waals surface area contributed by atoms with E-state index in [1.54, 1.807) is 38.5 Å². The number of hydrogen-bond donors (Lipinski definition) is 0. The first kappa shape index (κ1) is 21.8. The van der Waals surface area contributed by atoms with E-state index in [2.05, 4.69) is 48.5 Å². The third-order valence-corrected chi connectivity index (χ3v) is 12.2. The van der Waals surface area contributed by atoms with Gasteiger partial charge in [0.25, 0.3) is 0 Å². The first-order valence-corrected chi connectivity index (χ1v) is 14.2. The highest BCUT2D eigenvalue weighted by Gasteiger charge is 2.60. The van der Waals surface area contributed by atoms with Crippen LogP contribution in [-0.2, 0) is 0 Å². The quantitative estimate of drug-likeness (QED) is 0.425. The van der Waals surface area contributed by atoms with Gasteiger partial charge in [-0.2, -0.15) is 0 Å². The zero-order valence-corrected chi connectivity index (χ0v) is 21.4.